The van der Waals surface area contributed by atoms with Gasteiger partial charge in [-0.2, -0.15) is 0 Å². The molecule has 0 aliphatic heterocycles. The normalized spacial score (nSPS) is 9.54. The number of aromatic nitrogens is 2. The smallest absolute Gasteiger partial charge is 0.200 e. The van der Waals surface area contributed by atoms with E-state index in [2.05, 4.69) is 21.2 Å². The number of unbranched alkanes of at least 4 members (excludes halogenated alkanes) is 1. The van der Waals surface area contributed by atoms with Crippen LogP contribution in [0.5, 0.6) is 0 Å². The highest BCUT2D eigenvalue weighted by atomic mass is 15.1. The Morgan fingerprint density at radius 3 is 3.23 bits per heavy atom. The Morgan fingerprint density at radius 2 is 2.54 bits per heavy atom. The highest BCUT2D eigenvalue weighted by Crippen LogP contribution is 2.05. The molecule has 0 saturated carbocycles. The summed E-state index contributed by atoms with van der Waals surface area (Å²) in [6.07, 6.45) is 9.83. The van der Waals surface area contributed by atoms with Crippen molar-refractivity contribution in [1.82, 2.24) is 9.97 Å². The summed E-state index contributed by atoms with van der Waals surface area (Å²) in [5.74, 6) is 3.47. The van der Waals surface area contributed by atoms with Gasteiger partial charge in [-0.15, -0.1) is 12.3 Å². The van der Waals surface area contributed by atoms with Crippen molar-refractivity contribution in [3.05, 3.63) is 11.9 Å². The molecule has 1 aromatic rings. The number of imidazole rings is 1. The van der Waals surface area contributed by atoms with Gasteiger partial charge in [0, 0.05) is 18.7 Å². The Morgan fingerprint density at radius 1 is 1.69 bits per heavy atom. The zero-order chi connectivity index (χ0) is 9.52. The summed E-state index contributed by atoms with van der Waals surface area (Å²) >= 11 is 0. The predicted molar refractivity (Wildman–Crippen MR) is 54.5 cm³/mol. The number of anilines is 1. The number of nitrogens with one attached hydrogen (secondary N) is 2. The monoisotopic (exact) mass is 177 g/mol. The first kappa shape index (κ1) is 9.66. The Kier molecular flexibility index (Phi) is 3.90. The van der Waals surface area contributed by atoms with Gasteiger partial charge in [0.15, 0.2) is 5.95 Å². The predicted octanol–water partition coefficient (Wildman–Crippen LogP) is 1.80. The number of H-pyrrole nitrogens is 1. The molecule has 0 bridgehead atoms. The molecule has 0 aliphatic rings. The lowest BCUT2D eigenvalue weighted by atomic mass is 10.2. The van der Waals surface area contributed by atoms with E-state index >= 15 is 0 Å². The molecule has 0 spiro atoms. The number of terminal acetylenes is 1. The summed E-state index contributed by atoms with van der Waals surface area (Å²) in [6.45, 7) is 2.93. The fourth-order valence-corrected chi connectivity index (χ4v) is 1.12. The van der Waals surface area contributed by atoms with Gasteiger partial charge in [-0.3, -0.25) is 0 Å². The van der Waals surface area contributed by atoms with Gasteiger partial charge in [0.05, 0.1) is 6.20 Å². The van der Waals surface area contributed by atoms with Crippen LogP contribution in [0.1, 0.15) is 25.5 Å². The van der Waals surface area contributed by atoms with Gasteiger partial charge in [-0.25, -0.2) is 4.98 Å². The Labute approximate surface area is 79.0 Å². The van der Waals surface area contributed by atoms with Crippen molar-refractivity contribution in [1.29, 1.82) is 0 Å². The average molecular weight is 177 g/mol. The lowest BCUT2D eigenvalue weighted by Crippen LogP contribution is -1.98. The molecule has 0 unspecified atom stereocenters. The van der Waals surface area contributed by atoms with Crippen molar-refractivity contribution in [3.8, 4) is 12.3 Å². The molecule has 1 heterocycles. The fourth-order valence-electron chi connectivity index (χ4n) is 1.12. The van der Waals surface area contributed by atoms with Crippen molar-refractivity contribution in [3.63, 3.8) is 0 Å². The molecule has 70 valence electrons. The third kappa shape index (κ3) is 3.20. The first-order chi connectivity index (χ1) is 6.36. The lowest BCUT2D eigenvalue weighted by molar-refractivity contribution is 0.837. The summed E-state index contributed by atoms with van der Waals surface area (Å²) in [5, 5.41) is 3.11. The van der Waals surface area contributed by atoms with Crippen molar-refractivity contribution >= 4 is 5.95 Å². The van der Waals surface area contributed by atoms with Gasteiger partial charge in [0.2, 0.25) is 0 Å². The Bertz CT molecular complexity index is 283. The molecule has 0 radical (unpaired) electrons. The van der Waals surface area contributed by atoms with Crippen molar-refractivity contribution < 1.29 is 0 Å². The Hall–Kier alpha value is -1.43. The molecule has 1 rings (SSSR count). The first-order valence-electron chi connectivity index (χ1n) is 4.58. The van der Waals surface area contributed by atoms with Crippen LogP contribution < -0.4 is 5.32 Å². The van der Waals surface area contributed by atoms with Crippen molar-refractivity contribution in [2.24, 2.45) is 0 Å². The zero-order valence-electron chi connectivity index (χ0n) is 7.93. The van der Waals surface area contributed by atoms with Crippen LogP contribution in [0.25, 0.3) is 0 Å². The molecule has 0 saturated heterocycles. The van der Waals surface area contributed by atoms with Crippen molar-refractivity contribution in [2.75, 3.05) is 11.9 Å². The van der Waals surface area contributed by atoms with Crippen LogP contribution >= 0.6 is 0 Å². The maximum absolute atomic E-state index is 5.16. The summed E-state index contributed by atoms with van der Waals surface area (Å²) in [5.41, 5.74) is 1.14. The standard InChI is InChI=1S/C10H15N3/c1-3-5-6-7-9-8-12-10(13-9)11-4-2/h1,8H,4-7H2,2H3,(H2,11,12,13). The number of hydrogen-bond donors (Lipinski definition) is 2. The van der Waals surface area contributed by atoms with Crippen LogP contribution in [-0.4, -0.2) is 16.5 Å². The number of aromatic amines is 1. The van der Waals surface area contributed by atoms with Crippen LogP contribution in [0.15, 0.2) is 6.20 Å². The van der Waals surface area contributed by atoms with Crippen molar-refractivity contribution in [2.45, 2.75) is 26.2 Å². The maximum atomic E-state index is 5.16. The summed E-state index contributed by atoms with van der Waals surface area (Å²) in [6, 6.07) is 0. The molecular weight excluding hydrogens is 162 g/mol. The number of nitrogens with zero attached hydrogens (tertiary/aromatic N) is 1. The van der Waals surface area contributed by atoms with Crippen LogP contribution in [0.2, 0.25) is 0 Å². The largest absolute Gasteiger partial charge is 0.356 e. The van der Waals surface area contributed by atoms with E-state index in [9.17, 15) is 0 Å². The SMILES string of the molecule is C#CCCCc1cnc(NCC)[nH]1. The van der Waals surface area contributed by atoms with E-state index in [-0.39, 0.29) is 0 Å². The number of hydrogen-bond acceptors (Lipinski definition) is 2. The third-order valence-electron chi connectivity index (χ3n) is 1.74. The molecule has 0 atom stereocenters. The highest BCUT2D eigenvalue weighted by molar-refractivity contribution is 5.25. The van der Waals surface area contributed by atoms with Crippen LogP contribution in [0.3, 0.4) is 0 Å². The molecule has 0 amide bonds. The second-order valence-electron chi connectivity index (χ2n) is 2.85. The zero-order valence-corrected chi connectivity index (χ0v) is 7.93. The average Bonchev–Trinajstić information content (AvgIpc) is 2.54. The van der Waals surface area contributed by atoms with E-state index in [0.717, 1.165) is 37.4 Å². The highest BCUT2D eigenvalue weighted by Gasteiger charge is 1.97. The first-order valence-corrected chi connectivity index (χ1v) is 4.58. The quantitative estimate of drug-likeness (QED) is 0.532. The van der Waals surface area contributed by atoms with E-state index in [1.54, 1.807) is 0 Å². The summed E-state index contributed by atoms with van der Waals surface area (Å²) < 4.78 is 0. The van der Waals surface area contributed by atoms with Gasteiger partial charge < -0.3 is 10.3 Å². The van der Waals surface area contributed by atoms with Gasteiger partial charge in [-0.1, -0.05) is 0 Å². The minimum atomic E-state index is 0.829. The van der Waals surface area contributed by atoms with E-state index < -0.39 is 0 Å². The fraction of sp³-hybridized carbons (Fsp3) is 0.500. The molecule has 3 heteroatoms. The third-order valence-corrected chi connectivity index (χ3v) is 1.74. The summed E-state index contributed by atoms with van der Waals surface area (Å²) in [4.78, 5) is 7.35. The maximum Gasteiger partial charge on any atom is 0.200 e. The summed E-state index contributed by atoms with van der Waals surface area (Å²) in [7, 11) is 0. The molecule has 1 aromatic heterocycles. The van der Waals surface area contributed by atoms with E-state index in [1.165, 1.54) is 0 Å². The molecule has 13 heavy (non-hydrogen) atoms. The molecule has 2 N–H and O–H groups in total. The number of aryl methyl sites for hydroxylation is 1. The topological polar surface area (TPSA) is 40.7 Å². The van der Waals surface area contributed by atoms with Gasteiger partial charge in [0.1, 0.15) is 0 Å². The van der Waals surface area contributed by atoms with E-state index in [4.69, 9.17) is 6.42 Å². The molecular formula is C10H15N3. The second kappa shape index (κ2) is 5.26. The number of rotatable bonds is 5. The minimum Gasteiger partial charge on any atom is -0.356 e. The lowest BCUT2D eigenvalue weighted by Gasteiger charge is -1.96. The van der Waals surface area contributed by atoms with Gasteiger partial charge in [0.25, 0.3) is 0 Å². The van der Waals surface area contributed by atoms with Gasteiger partial charge in [-0.05, 0) is 19.8 Å². The molecule has 3 nitrogen and oxygen atoms in total. The van der Waals surface area contributed by atoms with Crippen LogP contribution in [-0.2, 0) is 6.42 Å². The molecule has 0 fully saturated rings. The van der Waals surface area contributed by atoms with E-state index in [1.807, 2.05) is 13.1 Å². The van der Waals surface area contributed by atoms with Crippen LogP contribution in [0.4, 0.5) is 5.95 Å². The second-order valence-corrected chi connectivity index (χ2v) is 2.85. The molecule has 0 aliphatic carbocycles. The van der Waals surface area contributed by atoms with E-state index in [0.29, 0.717) is 0 Å². The van der Waals surface area contributed by atoms with Crippen LogP contribution in [0, 0.1) is 12.3 Å². The van der Waals surface area contributed by atoms with Gasteiger partial charge >= 0.3 is 0 Å². The Balaban J connectivity index is 2.36. The minimum absolute atomic E-state index is 0.829. The molecule has 0 aromatic carbocycles.